The summed E-state index contributed by atoms with van der Waals surface area (Å²) in [5.41, 5.74) is 0.920. The molecule has 0 saturated carbocycles. The van der Waals surface area contributed by atoms with Gasteiger partial charge in [-0.25, -0.2) is 4.79 Å². The molecule has 1 aliphatic rings. The smallest absolute Gasteiger partial charge is 0.337 e. The van der Waals surface area contributed by atoms with Gasteiger partial charge >= 0.3 is 11.9 Å². The molecule has 6 nitrogen and oxygen atoms in total. The Morgan fingerprint density at radius 2 is 1.65 bits per heavy atom. The van der Waals surface area contributed by atoms with E-state index in [1.807, 2.05) is 6.92 Å². The van der Waals surface area contributed by atoms with Crippen LogP contribution in [0.4, 0.5) is 0 Å². The molecular formula is C17H21NO5. The molecule has 6 heteroatoms. The first kappa shape index (κ1) is 17.0. The van der Waals surface area contributed by atoms with Crippen LogP contribution in [0.2, 0.25) is 0 Å². The number of rotatable bonds is 3. The molecule has 0 unspecified atom stereocenters. The average Bonchev–Trinajstić information content (AvgIpc) is 2.59. The zero-order valence-electron chi connectivity index (χ0n) is 13.6. The van der Waals surface area contributed by atoms with E-state index in [9.17, 15) is 14.4 Å². The molecule has 1 aliphatic heterocycles. The van der Waals surface area contributed by atoms with E-state index in [1.54, 1.807) is 29.2 Å². The molecule has 0 spiro atoms. The van der Waals surface area contributed by atoms with Crippen LogP contribution in [0, 0.1) is 11.8 Å². The molecule has 0 aliphatic carbocycles. The van der Waals surface area contributed by atoms with Crippen molar-refractivity contribution in [1.29, 1.82) is 0 Å². The number of carbonyl (C=O) groups is 3. The number of hydrogen-bond donors (Lipinski definition) is 0. The summed E-state index contributed by atoms with van der Waals surface area (Å²) in [6.45, 7) is 2.97. The van der Waals surface area contributed by atoms with Crippen LogP contribution in [0.1, 0.15) is 34.1 Å². The highest BCUT2D eigenvalue weighted by atomic mass is 16.5. The van der Waals surface area contributed by atoms with E-state index in [-0.39, 0.29) is 23.7 Å². The predicted molar refractivity (Wildman–Crippen MR) is 83.0 cm³/mol. The highest BCUT2D eigenvalue weighted by Gasteiger charge is 2.34. The topological polar surface area (TPSA) is 72.9 Å². The number of nitrogens with zero attached hydrogens (tertiary/aromatic N) is 1. The molecule has 1 fully saturated rings. The molecule has 1 saturated heterocycles. The molecule has 0 aromatic heterocycles. The number of benzene rings is 1. The van der Waals surface area contributed by atoms with Gasteiger partial charge in [0.1, 0.15) is 0 Å². The Labute approximate surface area is 135 Å². The van der Waals surface area contributed by atoms with Crippen molar-refractivity contribution in [1.82, 2.24) is 4.90 Å². The lowest BCUT2D eigenvalue weighted by molar-refractivity contribution is -0.148. The van der Waals surface area contributed by atoms with E-state index in [1.165, 1.54) is 14.2 Å². The summed E-state index contributed by atoms with van der Waals surface area (Å²) >= 11 is 0. The zero-order valence-corrected chi connectivity index (χ0v) is 13.6. The van der Waals surface area contributed by atoms with Crippen LogP contribution >= 0.6 is 0 Å². The van der Waals surface area contributed by atoms with Crippen LogP contribution in [0.5, 0.6) is 0 Å². The summed E-state index contributed by atoms with van der Waals surface area (Å²) in [6.07, 6.45) is 0.597. The van der Waals surface area contributed by atoms with Gasteiger partial charge in [-0.15, -0.1) is 0 Å². The van der Waals surface area contributed by atoms with Crippen LogP contribution in [-0.4, -0.2) is 50.1 Å². The van der Waals surface area contributed by atoms with Gasteiger partial charge in [-0.05, 0) is 36.6 Å². The quantitative estimate of drug-likeness (QED) is 0.794. The second-order valence-corrected chi connectivity index (χ2v) is 5.72. The van der Waals surface area contributed by atoms with Gasteiger partial charge in [0.05, 0.1) is 25.7 Å². The average molecular weight is 319 g/mol. The summed E-state index contributed by atoms with van der Waals surface area (Å²) in [5.74, 6) is -0.861. The van der Waals surface area contributed by atoms with Gasteiger partial charge in [0.15, 0.2) is 0 Å². The highest BCUT2D eigenvalue weighted by molar-refractivity contribution is 5.96. The Morgan fingerprint density at radius 3 is 2.17 bits per heavy atom. The van der Waals surface area contributed by atoms with Crippen molar-refractivity contribution in [2.24, 2.45) is 11.8 Å². The molecule has 23 heavy (non-hydrogen) atoms. The van der Waals surface area contributed by atoms with Crippen LogP contribution in [-0.2, 0) is 14.3 Å². The minimum absolute atomic E-state index is 0.0505. The third kappa shape index (κ3) is 3.70. The number of hydrogen-bond acceptors (Lipinski definition) is 5. The first-order valence-electron chi connectivity index (χ1n) is 7.53. The fourth-order valence-corrected chi connectivity index (χ4v) is 2.88. The third-order valence-electron chi connectivity index (χ3n) is 4.25. The van der Waals surface area contributed by atoms with Crippen molar-refractivity contribution in [3.8, 4) is 0 Å². The second kappa shape index (κ2) is 7.26. The van der Waals surface area contributed by atoms with Gasteiger partial charge in [0, 0.05) is 18.7 Å². The normalized spacial score (nSPS) is 20.7. The van der Waals surface area contributed by atoms with E-state index >= 15 is 0 Å². The fourth-order valence-electron chi connectivity index (χ4n) is 2.88. The summed E-state index contributed by atoms with van der Waals surface area (Å²) in [5, 5.41) is 0. The van der Waals surface area contributed by atoms with Crippen LogP contribution < -0.4 is 0 Å². The number of likely N-dealkylation sites (tertiary alicyclic amines) is 1. The van der Waals surface area contributed by atoms with Gasteiger partial charge in [0.2, 0.25) is 0 Å². The fraction of sp³-hybridized carbons (Fsp3) is 0.471. The largest absolute Gasteiger partial charge is 0.469 e. The Hall–Kier alpha value is -2.37. The lowest BCUT2D eigenvalue weighted by Crippen LogP contribution is -2.45. The Balaban J connectivity index is 2.04. The van der Waals surface area contributed by atoms with E-state index in [0.29, 0.717) is 30.6 Å². The van der Waals surface area contributed by atoms with E-state index < -0.39 is 5.97 Å². The van der Waals surface area contributed by atoms with Crippen LogP contribution in [0.15, 0.2) is 24.3 Å². The SMILES string of the molecule is COC(=O)c1ccc(C(=O)N2CC[C@H](C(=O)OC)[C@H](C)C2)cc1. The highest BCUT2D eigenvalue weighted by Crippen LogP contribution is 2.25. The molecule has 1 aromatic carbocycles. The summed E-state index contributed by atoms with van der Waals surface area (Å²) < 4.78 is 9.43. The predicted octanol–water partition coefficient (Wildman–Crippen LogP) is 1.74. The maximum Gasteiger partial charge on any atom is 0.337 e. The molecular weight excluding hydrogens is 298 g/mol. The van der Waals surface area contributed by atoms with Crippen molar-refractivity contribution in [3.63, 3.8) is 0 Å². The van der Waals surface area contributed by atoms with Gasteiger partial charge in [-0.2, -0.15) is 0 Å². The Morgan fingerprint density at radius 1 is 1.04 bits per heavy atom. The minimum atomic E-state index is -0.434. The molecule has 1 heterocycles. The summed E-state index contributed by atoms with van der Waals surface area (Å²) in [7, 11) is 2.70. The minimum Gasteiger partial charge on any atom is -0.469 e. The molecule has 2 atom stereocenters. The Kier molecular flexibility index (Phi) is 5.36. The van der Waals surface area contributed by atoms with Gasteiger partial charge in [0.25, 0.3) is 5.91 Å². The first-order chi connectivity index (χ1) is 11.0. The molecule has 124 valence electrons. The number of carbonyl (C=O) groups excluding carboxylic acids is 3. The maximum absolute atomic E-state index is 12.5. The van der Waals surface area contributed by atoms with Crippen molar-refractivity contribution < 1.29 is 23.9 Å². The van der Waals surface area contributed by atoms with Gasteiger partial charge in [-0.3, -0.25) is 9.59 Å². The molecule has 1 aromatic rings. The third-order valence-corrected chi connectivity index (χ3v) is 4.25. The summed E-state index contributed by atoms with van der Waals surface area (Å²) in [6, 6.07) is 6.38. The van der Waals surface area contributed by atoms with E-state index in [0.717, 1.165) is 0 Å². The molecule has 1 amide bonds. The number of piperidine rings is 1. The van der Waals surface area contributed by atoms with Gasteiger partial charge < -0.3 is 14.4 Å². The van der Waals surface area contributed by atoms with Crippen molar-refractivity contribution in [3.05, 3.63) is 35.4 Å². The van der Waals surface area contributed by atoms with Crippen LogP contribution in [0.3, 0.4) is 0 Å². The van der Waals surface area contributed by atoms with Gasteiger partial charge in [-0.1, -0.05) is 6.92 Å². The number of ether oxygens (including phenoxy) is 2. The summed E-state index contributed by atoms with van der Waals surface area (Å²) in [4.78, 5) is 37.4. The van der Waals surface area contributed by atoms with Crippen LogP contribution in [0.25, 0.3) is 0 Å². The maximum atomic E-state index is 12.5. The molecule has 0 bridgehead atoms. The monoisotopic (exact) mass is 319 g/mol. The first-order valence-corrected chi connectivity index (χ1v) is 7.53. The van der Waals surface area contributed by atoms with Crippen molar-refractivity contribution >= 4 is 17.8 Å². The number of methoxy groups -OCH3 is 2. The number of esters is 2. The van der Waals surface area contributed by atoms with E-state index in [2.05, 4.69) is 4.74 Å². The zero-order chi connectivity index (χ0) is 17.0. The van der Waals surface area contributed by atoms with E-state index in [4.69, 9.17) is 4.74 Å². The second-order valence-electron chi connectivity index (χ2n) is 5.72. The number of amides is 1. The molecule has 2 rings (SSSR count). The standard InChI is InChI=1S/C17H21NO5/c1-11-10-18(9-8-14(11)17(21)23-3)15(19)12-4-6-13(7-5-12)16(20)22-2/h4-7,11,14H,8-10H2,1-3H3/t11-,14+/m1/s1. The molecule has 0 N–H and O–H groups in total. The lowest BCUT2D eigenvalue weighted by atomic mass is 9.86. The lowest BCUT2D eigenvalue weighted by Gasteiger charge is -2.35. The Bertz CT molecular complexity index is 596. The van der Waals surface area contributed by atoms with Crippen molar-refractivity contribution in [2.75, 3.05) is 27.3 Å². The molecule has 0 radical (unpaired) electrons. The van der Waals surface area contributed by atoms with Crippen molar-refractivity contribution in [2.45, 2.75) is 13.3 Å².